The summed E-state index contributed by atoms with van der Waals surface area (Å²) < 4.78 is 5.21. The lowest BCUT2D eigenvalue weighted by Crippen LogP contribution is -2.29. The standard InChI is InChI=1S/C17H15ClN2O5S/c1-9(25-17(22)15-7-10-3-2-4-14(10)26-15)16(21)19-13-8-11(20(23)24)5-6-12(13)18/h5-9H,2-4H2,1H3,(H,19,21)/t9-/m1/s1. The number of ether oxygens (including phenoxy) is 1. The highest BCUT2D eigenvalue weighted by Crippen LogP contribution is 2.31. The Morgan fingerprint density at radius 1 is 1.35 bits per heavy atom. The van der Waals surface area contributed by atoms with Crippen LogP contribution < -0.4 is 5.32 Å². The van der Waals surface area contributed by atoms with Crippen molar-refractivity contribution in [2.45, 2.75) is 32.3 Å². The minimum Gasteiger partial charge on any atom is -0.448 e. The highest BCUT2D eigenvalue weighted by atomic mass is 35.5. The predicted molar refractivity (Wildman–Crippen MR) is 98.0 cm³/mol. The fraction of sp³-hybridized carbons (Fsp3) is 0.294. The number of hydrogen-bond acceptors (Lipinski definition) is 6. The minimum atomic E-state index is -1.07. The number of non-ortho nitro benzene ring substituents is 1. The summed E-state index contributed by atoms with van der Waals surface area (Å²) in [7, 11) is 0. The minimum absolute atomic E-state index is 0.0869. The maximum atomic E-state index is 12.2. The van der Waals surface area contributed by atoms with E-state index in [0.29, 0.717) is 4.88 Å². The van der Waals surface area contributed by atoms with E-state index in [9.17, 15) is 19.7 Å². The quantitative estimate of drug-likeness (QED) is 0.469. The second-order valence-corrected chi connectivity index (χ2v) is 7.41. The fourth-order valence-corrected chi connectivity index (χ4v) is 3.96. The third-order valence-electron chi connectivity index (χ3n) is 4.02. The Balaban J connectivity index is 1.65. The van der Waals surface area contributed by atoms with Crippen molar-refractivity contribution in [2.24, 2.45) is 0 Å². The van der Waals surface area contributed by atoms with Crippen molar-refractivity contribution in [3.05, 3.63) is 54.7 Å². The molecule has 136 valence electrons. The van der Waals surface area contributed by atoms with Gasteiger partial charge in [0.1, 0.15) is 4.88 Å². The van der Waals surface area contributed by atoms with Crippen LogP contribution in [0.15, 0.2) is 24.3 Å². The molecule has 0 radical (unpaired) electrons. The largest absolute Gasteiger partial charge is 0.448 e. The van der Waals surface area contributed by atoms with Crippen molar-refractivity contribution in [3.8, 4) is 0 Å². The van der Waals surface area contributed by atoms with E-state index in [1.165, 1.54) is 40.8 Å². The van der Waals surface area contributed by atoms with Crippen LogP contribution in [0.5, 0.6) is 0 Å². The van der Waals surface area contributed by atoms with E-state index < -0.39 is 22.9 Å². The molecule has 0 saturated heterocycles. The van der Waals surface area contributed by atoms with Crippen molar-refractivity contribution in [1.29, 1.82) is 0 Å². The predicted octanol–water partition coefficient (Wildman–Crippen LogP) is 3.98. The van der Waals surface area contributed by atoms with E-state index in [4.69, 9.17) is 16.3 Å². The lowest BCUT2D eigenvalue weighted by molar-refractivity contribution is -0.384. The SMILES string of the molecule is C[C@@H](OC(=O)c1cc2c(s1)CCC2)C(=O)Nc1cc([N+](=O)[O-])ccc1Cl. The first-order chi connectivity index (χ1) is 12.3. The highest BCUT2D eigenvalue weighted by Gasteiger charge is 2.24. The summed E-state index contributed by atoms with van der Waals surface area (Å²) in [5.74, 6) is -1.18. The molecule has 7 nitrogen and oxygen atoms in total. The number of carbonyl (C=O) groups excluding carboxylic acids is 2. The van der Waals surface area contributed by atoms with Crippen molar-refractivity contribution < 1.29 is 19.2 Å². The molecular formula is C17H15ClN2O5S. The Hall–Kier alpha value is -2.45. The van der Waals surface area contributed by atoms with Gasteiger partial charge in [-0.15, -0.1) is 11.3 Å². The summed E-state index contributed by atoms with van der Waals surface area (Å²) in [6.45, 7) is 1.43. The Labute approximate surface area is 158 Å². The molecule has 1 aliphatic carbocycles. The van der Waals surface area contributed by atoms with Crippen molar-refractivity contribution in [3.63, 3.8) is 0 Å². The molecule has 1 aromatic carbocycles. The number of aryl methyl sites for hydroxylation is 2. The van der Waals surface area contributed by atoms with E-state index >= 15 is 0 Å². The molecule has 9 heteroatoms. The maximum Gasteiger partial charge on any atom is 0.349 e. The van der Waals surface area contributed by atoms with Gasteiger partial charge in [-0.05, 0) is 43.9 Å². The normalized spacial score (nSPS) is 13.8. The molecule has 26 heavy (non-hydrogen) atoms. The molecule has 0 aliphatic heterocycles. The molecule has 1 aliphatic rings. The number of esters is 1. The van der Waals surface area contributed by atoms with Gasteiger partial charge in [-0.2, -0.15) is 0 Å². The second kappa shape index (κ2) is 7.43. The van der Waals surface area contributed by atoms with Gasteiger partial charge < -0.3 is 10.1 Å². The molecule has 0 unspecified atom stereocenters. The van der Waals surface area contributed by atoms with E-state index in [1.807, 2.05) is 6.07 Å². The van der Waals surface area contributed by atoms with Crippen LogP contribution in [-0.2, 0) is 22.4 Å². The van der Waals surface area contributed by atoms with Gasteiger partial charge in [-0.3, -0.25) is 14.9 Å². The molecule has 3 rings (SSSR count). The fourth-order valence-electron chi connectivity index (χ4n) is 2.66. The lowest BCUT2D eigenvalue weighted by Gasteiger charge is -2.13. The monoisotopic (exact) mass is 394 g/mol. The van der Waals surface area contributed by atoms with Crippen LogP contribution in [0.1, 0.15) is 33.5 Å². The first kappa shape index (κ1) is 18.3. The number of benzene rings is 1. The first-order valence-corrected chi connectivity index (χ1v) is 9.12. The van der Waals surface area contributed by atoms with Gasteiger partial charge in [0.25, 0.3) is 11.6 Å². The Bertz CT molecular complexity index is 874. The molecule has 0 saturated carbocycles. The molecule has 1 aromatic heterocycles. The van der Waals surface area contributed by atoms with Gasteiger partial charge in [-0.25, -0.2) is 4.79 Å². The van der Waals surface area contributed by atoms with Gasteiger partial charge in [-0.1, -0.05) is 11.6 Å². The van der Waals surface area contributed by atoms with Gasteiger partial charge in [0, 0.05) is 17.0 Å². The number of rotatable bonds is 5. The first-order valence-electron chi connectivity index (χ1n) is 7.92. The highest BCUT2D eigenvalue weighted by molar-refractivity contribution is 7.14. The number of hydrogen-bond donors (Lipinski definition) is 1. The van der Waals surface area contributed by atoms with Crippen LogP contribution in [-0.4, -0.2) is 22.9 Å². The van der Waals surface area contributed by atoms with Crippen molar-refractivity contribution in [2.75, 3.05) is 5.32 Å². The molecule has 0 spiro atoms. The average molecular weight is 395 g/mol. The summed E-state index contributed by atoms with van der Waals surface area (Å²) in [6.07, 6.45) is 1.95. The molecule has 0 fully saturated rings. The van der Waals surface area contributed by atoms with Crippen LogP contribution in [0.2, 0.25) is 5.02 Å². The Morgan fingerprint density at radius 3 is 2.81 bits per heavy atom. The van der Waals surface area contributed by atoms with E-state index in [1.54, 1.807) is 0 Å². The maximum absolute atomic E-state index is 12.2. The molecular weight excluding hydrogens is 380 g/mol. The molecule has 1 amide bonds. The molecule has 1 heterocycles. The molecule has 1 atom stereocenters. The number of nitro benzene ring substituents is 1. The van der Waals surface area contributed by atoms with Crippen LogP contribution in [0.25, 0.3) is 0 Å². The molecule has 2 aromatic rings. The zero-order chi connectivity index (χ0) is 18.8. The van der Waals surface area contributed by atoms with Crippen molar-refractivity contribution >= 4 is 46.2 Å². The second-order valence-electron chi connectivity index (χ2n) is 5.87. The van der Waals surface area contributed by atoms with Crippen LogP contribution in [0.3, 0.4) is 0 Å². The number of nitrogens with one attached hydrogen (secondary N) is 1. The van der Waals surface area contributed by atoms with Crippen LogP contribution >= 0.6 is 22.9 Å². The number of halogens is 1. The van der Waals surface area contributed by atoms with E-state index in [2.05, 4.69) is 5.32 Å². The van der Waals surface area contributed by atoms with E-state index in [0.717, 1.165) is 25.3 Å². The average Bonchev–Trinajstić information content (AvgIpc) is 3.18. The van der Waals surface area contributed by atoms with Crippen molar-refractivity contribution in [1.82, 2.24) is 0 Å². The smallest absolute Gasteiger partial charge is 0.349 e. The van der Waals surface area contributed by atoms with Crippen LogP contribution in [0, 0.1) is 10.1 Å². The number of nitro groups is 1. The van der Waals surface area contributed by atoms with Gasteiger partial charge in [0.15, 0.2) is 6.10 Å². The topological polar surface area (TPSA) is 98.5 Å². The number of fused-ring (bicyclic) bond motifs is 1. The molecule has 1 N–H and O–H groups in total. The number of thiophene rings is 1. The van der Waals surface area contributed by atoms with Crippen LogP contribution in [0.4, 0.5) is 11.4 Å². The summed E-state index contributed by atoms with van der Waals surface area (Å²) in [5.41, 5.74) is 1.05. The number of anilines is 1. The van der Waals surface area contributed by atoms with Gasteiger partial charge >= 0.3 is 5.97 Å². The number of carbonyl (C=O) groups is 2. The Kier molecular flexibility index (Phi) is 5.24. The number of nitrogens with zero attached hydrogens (tertiary/aromatic N) is 1. The lowest BCUT2D eigenvalue weighted by atomic mass is 10.2. The zero-order valence-corrected chi connectivity index (χ0v) is 15.4. The summed E-state index contributed by atoms with van der Waals surface area (Å²) >= 11 is 7.34. The Morgan fingerprint density at radius 2 is 2.12 bits per heavy atom. The van der Waals surface area contributed by atoms with Gasteiger partial charge in [0.2, 0.25) is 0 Å². The molecule has 0 bridgehead atoms. The summed E-state index contributed by atoms with van der Waals surface area (Å²) in [4.78, 5) is 36.4. The van der Waals surface area contributed by atoms with E-state index in [-0.39, 0.29) is 16.4 Å². The van der Waals surface area contributed by atoms with Gasteiger partial charge in [0.05, 0.1) is 15.6 Å². The third-order valence-corrected chi connectivity index (χ3v) is 5.57. The third kappa shape index (κ3) is 3.86. The zero-order valence-electron chi connectivity index (χ0n) is 13.8. The summed E-state index contributed by atoms with van der Waals surface area (Å²) in [6, 6.07) is 5.52. The number of amides is 1. The summed E-state index contributed by atoms with van der Waals surface area (Å²) in [5, 5.41) is 13.4.